The minimum atomic E-state index is -2.98. The molecule has 2 unspecified atom stereocenters. The van der Waals surface area contributed by atoms with Gasteiger partial charge in [0.25, 0.3) is 0 Å². The molecule has 11 heteroatoms. The van der Waals surface area contributed by atoms with Crippen molar-refractivity contribution in [2.24, 2.45) is 29.6 Å². The van der Waals surface area contributed by atoms with E-state index >= 15 is 0 Å². The number of ketones is 4. The number of carbonyl (C=O) groups is 6. The quantitative estimate of drug-likeness (QED) is 0.341. The van der Waals surface area contributed by atoms with E-state index in [1.54, 1.807) is 19.1 Å². The molecule has 1 amide bonds. The highest BCUT2D eigenvalue weighted by atomic mass is 16.5. The van der Waals surface area contributed by atoms with E-state index in [9.17, 15) is 39.0 Å². The van der Waals surface area contributed by atoms with Gasteiger partial charge in [-0.3, -0.25) is 33.7 Å². The number of carbonyl (C=O) groups excluding carboxylic acids is 6. The molecular weight excluding hydrogens is 532 g/mol. The van der Waals surface area contributed by atoms with Crippen molar-refractivity contribution in [3.8, 4) is 5.75 Å². The van der Waals surface area contributed by atoms with Gasteiger partial charge in [0, 0.05) is 19.4 Å². The van der Waals surface area contributed by atoms with E-state index in [4.69, 9.17) is 4.74 Å². The highest BCUT2D eigenvalue weighted by molar-refractivity contribution is 6.32. The van der Waals surface area contributed by atoms with E-state index in [1.807, 2.05) is 0 Å². The van der Waals surface area contributed by atoms with Gasteiger partial charge in [0.15, 0.2) is 34.7 Å². The molecular formula is C30H36N2O9. The molecule has 4 aliphatic carbocycles. The highest BCUT2D eigenvalue weighted by Crippen LogP contribution is 2.55. The molecule has 0 radical (unpaired) electrons. The van der Waals surface area contributed by atoms with Crippen LogP contribution in [-0.2, 0) is 28.7 Å². The Morgan fingerprint density at radius 1 is 1.10 bits per heavy atom. The number of nitrogens with one attached hydrogen (secondary N) is 1. The fourth-order valence-corrected chi connectivity index (χ4v) is 7.84. The lowest BCUT2D eigenvalue weighted by molar-refractivity contribution is -0.206. The molecule has 5 rings (SSSR count). The monoisotopic (exact) mass is 568 g/mol. The molecule has 3 N–H and O–H groups in total. The summed E-state index contributed by atoms with van der Waals surface area (Å²) in [6, 6.07) is 3.15. The molecule has 8 atom stereocenters. The fraction of sp³-hybridized carbons (Fsp3) is 0.600. The van der Waals surface area contributed by atoms with Crippen molar-refractivity contribution in [1.29, 1.82) is 0 Å². The predicted molar refractivity (Wildman–Crippen MR) is 143 cm³/mol. The lowest BCUT2D eigenvalue weighted by Gasteiger charge is -2.56. The highest BCUT2D eigenvalue weighted by Gasteiger charge is 2.74. The maximum Gasteiger partial charge on any atom is 0.306 e. The Morgan fingerprint density at radius 3 is 2.37 bits per heavy atom. The minimum absolute atomic E-state index is 0.0854. The number of benzene rings is 1. The average Bonchev–Trinajstić information content (AvgIpc) is 3.43. The first-order chi connectivity index (χ1) is 19.4. The molecule has 11 nitrogen and oxygen atoms in total. The first-order valence-electron chi connectivity index (χ1n) is 14.1. The number of fused-ring (bicyclic) bond motifs is 3. The van der Waals surface area contributed by atoms with Crippen LogP contribution in [0.15, 0.2) is 18.2 Å². The van der Waals surface area contributed by atoms with Crippen molar-refractivity contribution in [3.05, 3.63) is 29.3 Å². The number of aromatic hydroxyl groups is 1. The van der Waals surface area contributed by atoms with E-state index in [1.165, 1.54) is 32.1 Å². The van der Waals surface area contributed by atoms with Crippen LogP contribution in [0.25, 0.3) is 0 Å². The van der Waals surface area contributed by atoms with Crippen LogP contribution in [0.5, 0.6) is 5.75 Å². The van der Waals surface area contributed by atoms with Gasteiger partial charge in [-0.25, -0.2) is 0 Å². The fourth-order valence-electron chi connectivity index (χ4n) is 7.84. The smallest absolute Gasteiger partial charge is 0.306 e. The lowest BCUT2D eigenvalue weighted by atomic mass is 9.49. The molecule has 3 fully saturated rings. The topological polar surface area (TPSA) is 167 Å². The molecule has 4 aliphatic rings. The Morgan fingerprint density at radius 2 is 1.76 bits per heavy atom. The molecule has 0 aromatic heterocycles. The summed E-state index contributed by atoms with van der Waals surface area (Å²) >= 11 is 0. The second-order valence-electron chi connectivity index (χ2n) is 12.1. The maximum atomic E-state index is 14.3. The summed E-state index contributed by atoms with van der Waals surface area (Å²) in [5.41, 5.74) is -2.64. The van der Waals surface area contributed by atoms with Crippen LogP contribution in [0.2, 0.25) is 0 Å². The number of hydrogen-bond donors (Lipinski definition) is 3. The van der Waals surface area contributed by atoms with Crippen molar-refractivity contribution in [1.82, 2.24) is 10.2 Å². The van der Waals surface area contributed by atoms with Gasteiger partial charge in [-0.05, 0) is 50.4 Å². The molecule has 0 bridgehead atoms. The molecule has 0 aliphatic heterocycles. The predicted octanol–water partition coefficient (Wildman–Crippen LogP) is 0.791. The first-order valence-corrected chi connectivity index (χ1v) is 14.1. The normalized spacial score (nSPS) is 35.1. The number of aliphatic hydroxyl groups is 1. The summed E-state index contributed by atoms with van der Waals surface area (Å²) in [4.78, 5) is 83.4. The number of Topliss-reactive ketones (excluding diaryl/α,β-unsaturated/α-hetero) is 4. The van der Waals surface area contributed by atoms with E-state index < -0.39 is 82.3 Å². The van der Waals surface area contributed by atoms with Gasteiger partial charge < -0.3 is 20.3 Å². The zero-order valence-corrected chi connectivity index (χ0v) is 23.6. The number of amides is 1. The van der Waals surface area contributed by atoms with Crippen LogP contribution in [0.3, 0.4) is 0 Å². The van der Waals surface area contributed by atoms with Crippen molar-refractivity contribution >= 4 is 35.0 Å². The molecule has 0 spiro atoms. The maximum absolute atomic E-state index is 14.3. The molecule has 220 valence electrons. The molecule has 0 heterocycles. The third-order valence-corrected chi connectivity index (χ3v) is 9.75. The van der Waals surface area contributed by atoms with Gasteiger partial charge in [0.2, 0.25) is 5.91 Å². The number of ether oxygens (including phenoxy) is 1. The van der Waals surface area contributed by atoms with Gasteiger partial charge in [0.1, 0.15) is 11.9 Å². The standard InChI is InChI=1S/C30H36N2O9/c1-13-15-10-7-11-16(33)19(15)24(35)20-18(13)26(41-17(34)12-14-8-5-6-9-14)22-23(32(3)4)25(36)21(29(39)31-2)28(38)30(22,40)27(20)37/h7,10-11,13-14,18,20-23,26,33,40H,5-6,8-9,12H2,1-4H3,(H,31,39)/t13-,18+,20?,21?,22+,23-,26-,30-/m0/s1. The Bertz CT molecular complexity index is 1330. The number of hydrogen-bond acceptors (Lipinski definition) is 10. The van der Waals surface area contributed by atoms with Crippen LogP contribution in [0.4, 0.5) is 0 Å². The van der Waals surface area contributed by atoms with Gasteiger partial charge >= 0.3 is 5.97 Å². The van der Waals surface area contributed by atoms with E-state index in [0.717, 1.165) is 25.7 Å². The Labute approximate surface area is 237 Å². The zero-order valence-electron chi connectivity index (χ0n) is 23.6. The van der Waals surface area contributed by atoms with Crippen LogP contribution >= 0.6 is 0 Å². The van der Waals surface area contributed by atoms with Gasteiger partial charge in [-0.15, -0.1) is 0 Å². The van der Waals surface area contributed by atoms with Crippen molar-refractivity contribution in [2.45, 2.75) is 62.7 Å². The van der Waals surface area contributed by atoms with Crippen molar-refractivity contribution in [2.75, 3.05) is 21.1 Å². The summed E-state index contributed by atoms with van der Waals surface area (Å²) < 4.78 is 6.07. The van der Waals surface area contributed by atoms with Crippen LogP contribution in [-0.4, -0.2) is 89.0 Å². The van der Waals surface area contributed by atoms with E-state index in [2.05, 4.69) is 5.32 Å². The number of nitrogens with zero attached hydrogens (tertiary/aromatic N) is 1. The summed E-state index contributed by atoms with van der Waals surface area (Å²) in [5.74, 6) is -12.9. The van der Waals surface area contributed by atoms with Gasteiger partial charge in [0.05, 0.1) is 23.4 Å². The SMILES string of the molecule is CNC(=O)C1C(=O)[C@@H](N(C)C)[C@@H]2[C@@H](OC(=O)CC3CCCC3)[C@H]3C(C(=O)c4c(O)cccc4[C@@H]3C)C(=O)[C@]2(O)C1=O. The summed E-state index contributed by atoms with van der Waals surface area (Å²) in [6.07, 6.45) is 2.37. The first kappa shape index (κ1) is 29.1. The lowest BCUT2D eigenvalue weighted by Crippen LogP contribution is -2.78. The van der Waals surface area contributed by atoms with Crippen LogP contribution in [0, 0.1) is 29.6 Å². The van der Waals surface area contributed by atoms with Crippen LogP contribution in [0.1, 0.15) is 60.9 Å². The van der Waals surface area contributed by atoms with Crippen molar-refractivity contribution in [3.63, 3.8) is 0 Å². The zero-order chi connectivity index (χ0) is 30.0. The van der Waals surface area contributed by atoms with Crippen LogP contribution < -0.4 is 5.32 Å². The molecule has 3 saturated carbocycles. The second kappa shape index (κ2) is 10.4. The molecule has 41 heavy (non-hydrogen) atoms. The van der Waals surface area contributed by atoms with Gasteiger partial charge in [-0.1, -0.05) is 31.9 Å². The summed E-state index contributed by atoms with van der Waals surface area (Å²) in [5, 5.41) is 25.0. The average molecular weight is 569 g/mol. The third-order valence-electron chi connectivity index (χ3n) is 9.75. The Balaban J connectivity index is 1.70. The Kier molecular flexibility index (Phi) is 7.40. The summed E-state index contributed by atoms with van der Waals surface area (Å²) in [7, 11) is 4.25. The van der Waals surface area contributed by atoms with Crippen molar-refractivity contribution < 1.29 is 43.7 Å². The summed E-state index contributed by atoms with van der Waals surface area (Å²) in [6.45, 7) is 1.72. The largest absolute Gasteiger partial charge is 0.507 e. The number of esters is 1. The number of phenolic OH excluding ortho intramolecular Hbond substituents is 1. The number of rotatable bonds is 5. The van der Waals surface area contributed by atoms with E-state index in [-0.39, 0.29) is 23.7 Å². The minimum Gasteiger partial charge on any atom is -0.507 e. The Hall–Kier alpha value is -3.44. The molecule has 1 aromatic carbocycles. The molecule has 1 aromatic rings. The number of likely N-dealkylation sites (N-methyl/N-ethyl adjacent to an activating group) is 1. The van der Waals surface area contributed by atoms with Gasteiger partial charge in [-0.2, -0.15) is 0 Å². The van der Waals surface area contributed by atoms with E-state index in [0.29, 0.717) is 5.56 Å². The molecule has 0 saturated heterocycles. The second-order valence-corrected chi connectivity index (χ2v) is 12.1. The number of phenols is 1. The third kappa shape index (κ3) is 4.23.